The van der Waals surface area contributed by atoms with E-state index in [0.717, 1.165) is 21.8 Å². The van der Waals surface area contributed by atoms with E-state index >= 15 is 0 Å². The number of para-hydroxylation sites is 1. The molecule has 0 aliphatic carbocycles. The van der Waals surface area contributed by atoms with E-state index in [0.29, 0.717) is 0 Å². The predicted octanol–water partition coefficient (Wildman–Crippen LogP) is 5.51. The van der Waals surface area contributed by atoms with Crippen molar-refractivity contribution in [1.29, 1.82) is 0 Å². The highest BCUT2D eigenvalue weighted by molar-refractivity contribution is 14.0. The summed E-state index contributed by atoms with van der Waals surface area (Å²) < 4.78 is 0. The Bertz CT molecular complexity index is 658. The molecule has 0 heterocycles. The maximum absolute atomic E-state index is 4.72. The normalized spacial score (nSPS) is 11.8. The minimum Gasteiger partial charge on any atom is -0.357 e. The van der Waals surface area contributed by atoms with Crippen molar-refractivity contribution in [2.45, 2.75) is 5.75 Å². The molecule has 6 heteroatoms. The fraction of sp³-hybridized carbons (Fsp3) is 0.222. The molecule has 3 nitrogen and oxygen atoms in total. The van der Waals surface area contributed by atoms with Gasteiger partial charge in [0.05, 0.1) is 5.69 Å². The van der Waals surface area contributed by atoms with Gasteiger partial charge in [-0.25, -0.2) is 4.99 Å². The number of hydrogen-bond acceptors (Lipinski definition) is 3. The number of aliphatic imine (C=N–C) groups is 2. The van der Waals surface area contributed by atoms with Gasteiger partial charge in [0.2, 0.25) is 0 Å². The van der Waals surface area contributed by atoms with Gasteiger partial charge < -0.3 is 4.90 Å². The second-order valence-electron chi connectivity index (χ2n) is 5.00. The van der Waals surface area contributed by atoms with Crippen LogP contribution in [0.15, 0.2) is 70.6 Å². The van der Waals surface area contributed by atoms with Gasteiger partial charge in [-0.1, -0.05) is 72.1 Å². The lowest BCUT2D eigenvalue weighted by molar-refractivity contribution is 0.637. The standard InChI is InChI=1S/C18H21N3S2.HI/c1-21(2)18(23-14-15-10-6-4-7-11-15)20-17(22-3)19-16-12-8-5-9-13-16;/h4-13H,14H2,1-3H3;1H. The van der Waals surface area contributed by atoms with Gasteiger partial charge in [-0.2, -0.15) is 4.99 Å². The van der Waals surface area contributed by atoms with Crippen LogP contribution in [-0.2, 0) is 5.75 Å². The summed E-state index contributed by atoms with van der Waals surface area (Å²) >= 11 is 3.27. The van der Waals surface area contributed by atoms with Crippen molar-refractivity contribution in [3.8, 4) is 0 Å². The predicted molar refractivity (Wildman–Crippen MR) is 121 cm³/mol. The molecule has 0 N–H and O–H groups in total. The zero-order chi connectivity index (χ0) is 16.5. The summed E-state index contributed by atoms with van der Waals surface area (Å²) in [5, 5.41) is 1.72. The molecule has 0 fully saturated rings. The van der Waals surface area contributed by atoms with Gasteiger partial charge >= 0.3 is 0 Å². The van der Waals surface area contributed by atoms with E-state index in [1.54, 1.807) is 23.5 Å². The number of halogens is 1. The van der Waals surface area contributed by atoms with Gasteiger partial charge in [0.25, 0.3) is 0 Å². The van der Waals surface area contributed by atoms with E-state index in [1.807, 2.05) is 61.6 Å². The molecule has 0 aliphatic rings. The van der Waals surface area contributed by atoms with E-state index in [2.05, 4.69) is 29.3 Å². The Morgan fingerprint density at radius 1 is 0.958 bits per heavy atom. The van der Waals surface area contributed by atoms with Crippen molar-refractivity contribution in [3.05, 3.63) is 66.2 Å². The SMILES string of the molecule is CSC(=Nc1ccccc1)N=C(SCc1ccccc1)N(C)C.I. The highest BCUT2D eigenvalue weighted by Crippen LogP contribution is 2.19. The molecule has 0 saturated carbocycles. The first-order valence-corrected chi connectivity index (χ1v) is 9.50. The molecule has 2 aromatic carbocycles. The third-order valence-corrected chi connectivity index (χ3v) is 4.69. The highest BCUT2D eigenvalue weighted by atomic mass is 127. The number of thioether (sulfide) groups is 2. The Morgan fingerprint density at radius 2 is 1.54 bits per heavy atom. The maximum Gasteiger partial charge on any atom is 0.190 e. The van der Waals surface area contributed by atoms with Gasteiger partial charge in [0, 0.05) is 19.8 Å². The number of hydrogen-bond donors (Lipinski definition) is 0. The zero-order valence-corrected chi connectivity index (χ0v) is 18.0. The number of rotatable bonds is 3. The summed E-state index contributed by atoms with van der Waals surface area (Å²) in [5.41, 5.74) is 2.21. The summed E-state index contributed by atoms with van der Waals surface area (Å²) in [6.45, 7) is 0. The Kier molecular flexibility index (Phi) is 10.1. The van der Waals surface area contributed by atoms with Crippen LogP contribution >= 0.6 is 47.5 Å². The molecule has 0 radical (unpaired) electrons. The lowest BCUT2D eigenvalue weighted by atomic mass is 10.2. The Hall–Kier alpha value is -0.990. The van der Waals surface area contributed by atoms with Crippen molar-refractivity contribution in [1.82, 2.24) is 4.90 Å². The van der Waals surface area contributed by atoms with E-state index in [4.69, 9.17) is 4.99 Å². The minimum atomic E-state index is 0. The lowest BCUT2D eigenvalue weighted by Gasteiger charge is -2.15. The molecule has 0 unspecified atom stereocenters. The smallest absolute Gasteiger partial charge is 0.190 e. The third kappa shape index (κ3) is 7.27. The third-order valence-electron chi connectivity index (χ3n) is 2.95. The highest BCUT2D eigenvalue weighted by Gasteiger charge is 2.06. The maximum atomic E-state index is 4.72. The molecule has 0 spiro atoms. The first kappa shape index (κ1) is 21.1. The summed E-state index contributed by atoms with van der Waals surface area (Å²) in [5.74, 6) is 0.894. The molecular formula is C18H22IN3S2. The van der Waals surface area contributed by atoms with Crippen molar-refractivity contribution in [3.63, 3.8) is 0 Å². The van der Waals surface area contributed by atoms with Crippen LogP contribution in [0.25, 0.3) is 0 Å². The average Bonchev–Trinajstić information content (AvgIpc) is 2.59. The molecule has 2 aromatic rings. The van der Waals surface area contributed by atoms with Crippen molar-refractivity contribution in [2.75, 3.05) is 20.4 Å². The quantitative estimate of drug-likeness (QED) is 0.336. The van der Waals surface area contributed by atoms with Crippen LogP contribution in [0.1, 0.15) is 5.56 Å². The molecular weight excluding hydrogens is 449 g/mol. The number of benzene rings is 2. The first-order chi connectivity index (χ1) is 11.2. The van der Waals surface area contributed by atoms with Crippen LogP contribution in [-0.4, -0.2) is 35.6 Å². The zero-order valence-electron chi connectivity index (χ0n) is 14.0. The summed E-state index contributed by atoms with van der Waals surface area (Å²) in [6, 6.07) is 20.3. The van der Waals surface area contributed by atoms with Crippen LogP contribution in [0.3, 0.4) is 0 Å². The van der Waals surface area contributed by atoms with Crippen molar-refractivity contribution in [2.24, 2.45) is 9.98 Å². The molecule has 0 amide bonds. The van der Waals surface area contributed by atoms with E-state index < -0.39 is 0 Å². The largest absolute Gasteiger partial charge is 0.357 e. The van der Waals surface area contributed by atoms with Crippen LogP contribution in [0.4, 0.5) is 5.69 Å². The van der Waals surface area contributed by atoms with Gasteiger partial charge in [-0.15, -0.1) is 24.0 Å². The van der Waals surface area contributed by atoms with Gasteiger partial charge in [0.1, 0.15) is 0 Å². The van der Waals surface area contributed by atoms with E-state index in [1.165, 1.54) is 5.56 Å². The van der Waals surface area contributed by atoms with Crippen LogP contribution < -0.4 is 0 Å². The van der Waals surface area contributed by atoms with Crippen LogP contribution in [0, 0.1) is 0 Å². The molecule has 0 saturated heterocycles. The topological polar surface area (TPSA) is 28.0 Å². The molecule has 24 heavy (non-hydrogen) atoms. The van der Waals surface area contributed by atoms with Crippen molar-refractivity contribution < 1.29 is 0 Å². The van der Waals surface area contributed by atoms with Gasteiger partial charge in [-0.05, 0) is 24.0 Å². The first-order valence-electron chi connectivity index (χ1n) is 7.29. The Morgan fingerprint density at radius 3 is 2.08 bits per heavy atom. The van der Waals surface area contributed by atoms with Crippen LogP contribution in [0.5, 0.6) is 0 Å². The molecule has 2 rings (SSSR count). The molecule has 0 atom stereocenters. The minimum absolute atomic E-state index is 0. The van der Waals surface area contributed by atoms with Crippen molar-refractivity contribution >= 4 is 63.5 Å². The number of amidine groups is 2. The Balaban J connectivity index is 0.00000288. The summed E-state index contributed by atoms with van der Waals surface area (Å²) in [6.07, 6.45) is 2.00. The molecule has 0 bridgehead atoms. The van der Waals surface area contributed by atoms with E-state index in [9.17, 15) is 0 Å². The average molecular weight is 471 g/mol. The second kappa shape index (κ2) is 11.5. The monoisotopic (exact) mass is 471 g/mol. The second-order valence-corrected chi connectivity index (χ2v) is 6.71. The molecule has 128 valence electrons. The van der Waals surface area contributed by atoms with E-state index in [-0.39, 0.29) is 24.0 Å². The summed E-state index contributed by atoms with van der Waals surface area (Å²) in [7, 11) is 4.02. The molecule has 0 aliphatic heterocycles. The number of nitrogens with zero attached hydrogens (tertiary/aromatic N) is 3. The summed E-state index contributed by atoms with van der Waals surface area (Å²) in [4.78, 5) is 11.4. The van der Waals surface area contributed by atoms with Gasteiger partial charge in [0.15, 0.2) is 10.3 Å². The molecule has 0 aromatic heterocycles. The van der Waals surface area contributed by atoms with Crippen LogP contribution in [0.2, 0.25) is 0 Å². The Labute approximate surface area is 170 Å². The fourth-order valence-corrected chi connectivity index (χ4v) is 3.12. The lowest BCUT2D eigenvalue weighted by Crippen LogP contribution is -2.20. The fourth-order valence-electron chi connectivity index (χ4n) is 1.79. The van der Waals surface area contributed by atoms with Gasteiger partial charge in [-0.3, -0.25) is 0 Å².